The second-order valence-electron chi connectivity index (χ2n) is 3.93. The third-order valence-electron chi connectivity index (χ3n) is 3.04. The molecule has 0 aliphatic rings. The lowest BCUT2D eigenvalue weighted by Gasteiger charge is -2.27. The average molecular weight is 229 g/mol. The number of carbonyl (C=O) groups is 1. The fraction of sp³-hybridized carbons (Fsp3) is 0.917. The SMILES string of the molecule is CCN(CC)C(=O)NCC(C)N(CC)CC. The van der Waals surface area contributed by atoms with Crippen molar-refractivity contribution in [3.63, 3.8) is 0 Å². The van der Waals surface area contributed by atoms with Crippen molar-refractivity contribution in [2.45, 2.75) is 40.7 Å². The Kier molecular flexibility index (Phi) is 7.99. The summed E-state index contributed by atoms with van der Waals surface area (Å²) in [6.07, 6.45) is 0. The molecule has 1 atom stereocenters. The first kappa shape index (κ1) is 15.2. The molecule has 0 radical (unpaired) electrons. The molecule has 0 saturated carbocycles. The Bertz CT molecular complexity index is 189. The first-order chi connectivity index (χ1) is 7.60. The zero-order valence-corrected chi connectivity index (χ0v) is 11.4. The highest BCUT2D eigenvalue weighted by Gasteiger charge is 2.13. The third kappa shape index (κ3) is 4.84. The molecule has 4 heteroatoms. The van der Waals surface area contributed by atoms with E-state index in [9.17, 15) is 4.79 Å². The minimum atomic E-state index is 0.0454. The molecule has 0 spiro atoms. The van der Waals surface area contributed by atoms with Crippen LogP contribution >= 0.6 is 0 Å². The van der Waals surface area contributed by atoms with E-state index in [0.717, 1.165) is 32.7 Å². The first-order valence-electron chi connectivity index (χ1n) is 6.37. The fourth-order valence-electron chi connectivity index (χ4n) is 1.83. The second kappa shape index (κ2) is 8.39. The molecule has 0 aromatic rings. The Morgan fingerprint density at radius 3 is 1.94 bits per heavy atom. The van der Waals surface area contributed by atoms with Crippen molar-refractivity contribution in [3.8, 4) is 0 Å². The number of rotatable bonds is 7. The van der Waals surface area contributed by atoms with Gasteiger partial charge in [-0.25, -0.2) is 4.79 Å². The van der Waals surface area contributed by atoms with Crippen LogP contribution in [0, 0.1) is 0 Å². The van der Waals surface area contributed by atoms with E-state index >= 15 is 0 Å². The zero-order chi connectivity index (χ0) is 12.6. The van der Waals surface area contributed by atoms with Gasteiger partial charge in [-0.05, 0) is 33.9 Å². The molecule has 0 aliphatic heterocycles. The maximum Gasteiger partial charge on any atom is 0.317 e. The summed E-state index contributed by atoms with van der Waals surface area (Å²) >= 11 is 0. The molecular weight excluding hydrogens is 202 g/mol. The standard InChI is InChI=1S/C12H27N3O/c1-6-14(7-2)11(5)10-13-12(16)15(8-3)9-4/h11H,6-10H2,1-5H3,(H,13,16). The lowest BCUT2D eigenvalue weighted by molar-refractivity contribution is 0.190. The Morgan fingerprint density at radius 1 is 1.06 bits per heavy atom. The van der Waals surface area contributed by atoms with Crippen LogP contribution in [0.1, 0.15) is 34.6 Å². The van der Waals surface area contributed by atoms with Crippen LogP contribution < -0.4 is 5.32 Å². The number of nitrogens with one attached hydrogen (secondary N) is 1. The predicted octanol–water partition coefficient (Wildman–Crippen LogP) is 1.77. The van der Waals surface area contributed by atoms with E-state index in [1.165, 1.54) is 0 Å². The van der Waals surface area contributed by atoms with E-state index in [1.807, 2.05) is 13.8 Å². The lowest BCUT2D eigenvalue weighted by Crippen LogP contribution is -2.46. The lowest BCUT2D eigenvalue weighted by atomic mass is 10.3. The summed E-state index contributed by atoms with van der Waals surface area (Å²) in [7, 11) is 0. The molecular formula is C12H27N3O. The summed E-state index contributed by atoms with van der Waals surface area (Å²) in [5, 5.41) is 2.98. The van der Waals surface area contributed by atoms with Crippen LogP contribution in [0.25, 0.3) is 0 Å². The van der Waals surface area contributed by atoms with Crippen molar-refractivity contribution in [2.24, 2.45) is 0 Å². The van der Waals surface area contributed by atoms with Gasteiger partial charge in [-0.15, -0.1) is 0 Å². The van der Waals surface area contributed by atoms with Crippen LogP contribution in [0.5, 0.6) is 0 Å². The molecule has 1 unspecified atom stereocenters. The Balaban J connectivity index is 3.99. The number of amides is 2. The van der Waals surface area contributed by atoms with E-state index in [1.54, 1.807) is 4.90 Å². The molecule has 2 amide bonds. The van der Waals surface area contributed by atoms with E-state index in [2.05, 4.69) is 31.0 Å². The summed E-state index contributed by atoms with van der Waals surface area (Å²) in [5.41, 5.74) is 0. The normalized spacial score (nSPS) is 12.6. The molecule has 0 fully saturated rings. The van der Waals surface area contributed by atoms with Crippen molar-refractivity contribution in [2.75, 3.05) is 32.7 Å². The van der Waals surface area contributed by atoms with Gasteiger partial charge in [-0.1, -0.05) is 13.8 Å². The van der Waals surface area contributed by atoms with Crippen LogP contribution in [0.15, 0.2) is 0 Å². The van der Waals surface area contributed by atoms with Crippen molar-refractivity contribution in [3.05, 3.63) is 0 Å². The van der Waals surface area contributed by atoms with E-state index < -0.39 is 0 Å². The largest absolute Gasteiger partial charge is 0.336 e. The van der Waals surface area contributed by atoms with Gasteiger partial charge in [0, 0.05) is 25.7 Å². The average Bonchev–Trinajstić information content (AvgIpc) is 2.29. The highest BCUT2D eigenvalue weighted by molar-refractivity contribution is 5.74. The molecule has 0 heterocycles. The Labute approximate surface area is 100.0 Å². The summed E-state index contributed by atoms with van der Waals surface area (Å²) in [6, 6.07) is 0.443. The Morgan fingerprint density at radius 2 is 1.56 bits per heavy atom. The van der Waals surface area contributed by atoms with Crippen molar-refractivity contribution >= 4 is 6.03 Å². The quantitative estimate of drug-likeness (QED) is 0.722. The maximum atomic E-state index is 11.7. The molecule has 0 rings (SSSR count). The van der Waals surface area contributed by atoms with Crippen LogP contribution in [-0.4, -0.2) is 54.6 Å². The highest BCUT2D eigenvalue weighted by atomic mass is 16.2. The molecule has 4 nitrogen and oxygen atoms in total. The first-order valence-corrected chi connectivity index (χ1v) is 6.37. The van der Waals surface area contributed by atoms with Gasteiger partial charge in [0.1, 0.15) is 0 Å². The molecule has 0 aromatic carbocycles. The van der Waals surface area contributed by atoms with Gasteiger partial charge in [0.15, 0.2) is 0 Å². The third-order valence-corrected chi connectivity index (χ3v) is 3.04. The van der Waals surface area contributed by atoms with Crippen LogP contribution in [-0.2, 0) is 0 Å². The number of hydrogen-bond acceptors (Lipinski definition) is 2. The molecule has 96 valence electrons. The topological polar surface area (TPSA) is 35.6 Å². The summed E-state index contributed by atoms with van der Waals surface area (Å²) in [5.74, 6) is 0. The number of hydrogen-bond donors (Lipinski definition) is 1. The van der Waals surface area contributed by atoms with Gasteiger partial charge in [-0.3, -0.25) is 4.90 Å². The molecule has 0 saturated heterocycles. The second-order valence-corrected chi connectivity index (χ2v) is 3.93. The minimum absolute atomic E-state index is 0.0454. The minimum Gasteiger partial charge on any atom is -0.336 e. The van der Waals surface area contributed by atoms with E-state index in [0.29, 0.717) is 6.04 Å². The number of carbonyl (C=O) groups excluding carboxylic acids is 1. The van der Waals surface area contributed by atoms with Crippen molar-refractivity contribution in [1.29, 1.82) is 0 Å². The van der Waals surface area contributed by atoms with Gasteiger partial charge < -0.3 is 10.2 Å². The summed E-state index contributed by atoms with van der Waals surface area (Å²) in [4.78, 5) is 15.8. The number of urea groups is 1. The molecule has 1 N–H and O–H groups in total. The fourth-order valence-corrected chi connectivity index (χ4v) is 1.83. The smallest absolute Gasteiger partial charge is 0.317 e. The maximum absolute atomic E-state index is 11.7. The Hall–Kier alpha value is -0.770. The van der Waals surface area contributed by atoms with Gasteiger partial charge in [-0.2, -0.15) is 0 Å². The molecule has 0 aliphatic carbocycles. The highest BCUT2D eigenvalue weighted by Crippen LogP contribution is 1.97. The molecule has 0 aromatic heterocycles. The molecule has 0 bridgehead atoms. The van der Waals surface area contributed by atoms with Crippen molar-refractivity contribution < 1.29 is 4.79 Å². The zero-order valence-electron chi connectivity index (χ0n) is 11.4. The summed E-state index contributed by atoms with van der Waals surface area (Å²) < 4.78 is 0. The van der Waals surface area contributed by atoms with Gasteiger partial charge in [0.25, 0.3) is 0 Å². The van der Waals surface area contributed by atoms with Crippen LogP contribution in [0.4, 0.5) is 4.79 Å². The number of nitrogens with zero attached hydrogens (tertiary/aromatic N) is 2. The predicted molar refractivity (Wildman–Crippen MR) is 68.7 cm³/mol. The van der Waals surface area contributed by atoms with Gasteiger partial charge in [0.05, 0.1) is 0 Å². The summed E-state index contributed by atoms with van der Waals surface area (Å²) in [6.45, 7) is 14.7. The monoisotopic (exact) mass is 229 g/mol. The van der Waals surface area contributed by atoms with E-state index in [4.69, 9.17) is 0 Å². The molecule has 16 heavy (non-hydrogen) atoms. The van der Waals surface area contributed by atoms with Gasteiger partial charge >= 0.3 is 6.03 Å². The van der Waals surface area contributed by atoms with Crippen LogP contribution in [0.3, 0.4) is 0 Å². The van der Waals surface area contributed by atoms with E-state index in [-0.39, 0.29) is 6.03 Å². The van der Waals surface area contributed by atoms with Crippen LogP contribution in [0.2, 0.25) is 0 Å². The van der Waals surface area contributed by atoms with Crippen molar-refractivity contribution in [1.82, 2.24) is 15.1 Å². The number of likely N-dealkylation sites (N-methyl/N-ethyl adjacent to an activating group) is 1. The van der Waals surface area contributed by atoms with Gasteiger partial charge in [0.2, 0.25) is 0 Å².